The molecule has 136 heavy (non-hydrogen) atoms. The Hall–Kier alpha value is -11.2. The summed E-state index contributed by atoms with van der Waals surface area (Å²) in [5.41, 5.74) is 15.9. The van der Waals surface area contributed by atoms with E-state index in [-0.39, 0.29) is 66.4 Å². The Kier molecular flexibility index (Phi) is 36.0. The molecule has 23 nitrogen and oxygen atoms in total. The number of fused-ring (bicyclic) bond motifs is 6. The predicted molar refractivity (Wildman–Crippen MR) is 557 cm³/mol. The number of rotatable bonds is 24. The third-order valence-electron chi connectivity index (χ3n) is 21.9. The zero-order valence-electron chi connectivity index (χ0n) is 82.3. The van der Waals surface area contributed by atoms with Crippen LogP contribution in [-0.4, -0.2) is 124 Å². The monoisotopic (exact) mass is 2000 g/mol. The van der Waals surface area contributed by atoms with Gasteiger partial charge in [-0.05, 0) is 229 Å². The minimum atomic E-state index is -0.384. The average molecular weight is 2010 g/mol. The van der Waals surface area contributed by atoms with Crippen molar-refractivity contribution in [1.82, 2.24) is 54.3 Å². The van der Waals surface area contributed by atoms with Gasteiger partial charge < -0.3 is 47.9 Å². The lowest BCUT2D eigenvalue weighted by Gasteiger charge is -2.19. The number of ether oxygens (including phenoxy) is 9. The first-order valence-corrected chi connectivity index (χ1v) is 51.0. The van der Waals surface area contributed by atoms with Gasteiger partial charge in [0, 0.05) is 123 Å². The highest BCUT2D eigenvalue weighted by Crippen LogP contribution is 2.44. The number of amides is 2. The molecule has 0 spiro atoms. The van der Waals surface area contributed by atoms with Crippen molar-refractivity contribution in [2.24, 2.45) is 5.92 Å². The van der Waals surface area contributed by atoms with Crippen LogP contribution in [0.15, 0.2) is 147 Å². The minimum absolute atomic E-state index is 0.0415. The number of thiazole rings is 4. The number of carbonyl (C=O) groups is 2. The van der Waals surface area contributed by atoms with Crippen LogP contribution in [0.5, 0.6) is 46.4 Å². The zero-order chi connectivity index (χ0) is 98.2. The van der Waals surface area contributed by atoms with Crippen LogP contribution in [-0.2, 0) is 22.6 Å². The lowest BCUT2D eigenvalue weighted by Crippen LogP contribution is -2.28. The smallest absolute Gasteiger partial charge is 0.410 e. The third-order valence-corrected chi connectivity index (χ3v) is 26.5. The van der Waals surface area contributed by atoms with Gasteiger partial charge in [-0.2, -0.15) is 4.98 Å². The molecule has 0 unspecified atom stereocenters. The molecule has 1 N–H and O–H groups in total. The summed E-state index contributed by atoms with van der Waals surface area (Å²) >= 11 is 16.0. The van der Waals surface area contributed by atoms with Crippen molar-refractivity contribution in [3.8, 4) is 89.7 Å². The number of hydrogen-bond donors (Lipinski definition) is 1. The first-order valence-electron chi connectivity index (χ1n) is 46.3. The summed E-state index contributed by atoms with van der Waals surface area (Å²) in [7, 11) is 4.96. The van der Waals surface area contributed by atoms with Crippen molar-refractivity contribution in [2.45, 2.75) is 258 Å². The number of pyridine rings is 4. The standard InChI is InChI=1S/C22H29N3OS.C20H22BrN3O2S.C20H24N2O2S.C19H22N2O2S.C13H14ClNO2.C12H14FNO2/c1-14(2)25-19-12-8-11-17(20(19)24-22(25)26-15(3)4)21-23-18(13-27-21)16-9-6-5-7-10-16;1-10(2)19(25)24-20-23-15(9-27-20)14-8-16(26-11(3)4)13-7-6-12(5)17(21)18(13)22-14;1-11(2)16-10-25-20(22-16)15-9-18(24-12(3)4)14-7-8-17(23-6)13(5)19(14)21-15;1-11(2)17-10-24-19(21-17)16-9-18(23-12(3)4)14-7-6-13(22-5)8-15(14)20-16;1-8(2)17-13-11-6-9(14)4-5-10(11)12(16-3)7-15-13;1-8(2)16-12(15)14-6-9-4-3-5-11(13)10(9)7-14/h8,11-16H,5-7,9-10H2,1-4H3;6-11H,1-5H3,(H,23,24,25);7-12H,1-6H3;6-12H,1-5H3;4-8H,1-3H3;3-5,8H,6-7H2,1-2H3. The number of para-hydroxylation sites is 1. The van der Waals surface area contributed by atoms with Crippen molar-refractivity contribution in [1.29, 1.82) is 0 Å². The lowest BCUT2D eigenvalue weighted by atomic mass is 9.87. The molecular weight excluding hydrogens is 1880 g/mol. The highest BCUT2D eigenvalue weighted by molar-refractivity contribution is 9.10. The van der Waals surface area contributed by atoms with E-state index in [4.69, 9.17) is 89.1 Å². The van der Waals surface area contributed by atoms with Crippen LogP contribution in [0.3, 0.4) is 0 Å². The van der Waals surface area contributed by atoms with Crippen molar-refractivity contribution < 1.29 is 56.6 Å². The van der Waals surface area contributed by atoms with Crippen LogP contribution in [0, 0.1) is 25.6 Å². The Morgan fingerprint density at radius 2 is 1.08 bits per heavy atom. The molecule has 1 aliphatic heterocycles. The number of hydrogen-bond acceptors (Lipinski definition) is 24. The fourth-order valence-electron chi connectivity index (χ4n) is 15.2. The van der Waals surface area contributed by atoms with E-state index in [1.807, 2.05) is 187 Å². The molecule has 0 bridgehead atoms. The van der Waals surface area contributed by atoms with E-state index in [9.17, 15) is 14.0 Å². The fourth-order valence-corrected chi connectivity index (χ4v) is 19.3. The minimum Gasteiger partial charge on any atom is -0.497 e. The van der Waals surface area contributed by atoms with Gasteiger partial charge in [0.1, 0.15) is 77.9 Å². The third kappa shape index (κ3) is 26.2. The van der Waals surface area contributed by atoms with Gasteiger partial charge in [-0.25, -0.2) is 49.1 Å². The summed E-state index contributed by atoms with van der Waals surface area (Å²) in [5, 5.41) is 20.1. The molecule has 0 atom stereocenters. The van der Waals surface area contributed by atoms with E-state index in [1.54, 1.807) is 81.5 Å². The van der Waals surface area contributed by atoms with E-state index in [0.717, 1.165) is 148 Å². The van der Waals surface area contributed by atoms with Gasteiger partial charge in [-0.1, -0.05) is 96.7 Å². The van der Waals surface area contributed by atoms with Crippen molar-refractivity contribution in [3.05, 3.63) is 198 Å². The lowest BCUT2D eigenvalue weighted by molar-refractivity contribution is -0.118. The van der Waals surface area contributed by atoms with E-state index in [0.29, 0.717) is 75.6 Å². The summed E-state index contributed by atoms with van der Waals surface area (Å²) in [6, 6.07) is 37.6. The van der Waals surface area contributed by atoms with Crippen molar-refractivity contribution in [2.75, 3.05) is 26.6 Å². The second-order valence-electron chi connectivity index (χ2n) is 36.2. The second-order valence-corrected chi connectivity index (χ2v) is 40.9. The van der Waals surface area contributed by atoms with E-state index in [2.05, 4.69) is 112 Å². The Bertz CT molecular complexity index is 6640. The summed E-state index contributed by atoms with van der Waals surface area (Å²) in [4.78, 5) is 67.7. The molecule has 6 aromatic carbocycles. The van der Waals surface area contributed by atoms with Crippen LogP contribution in [0.4, 0.5) is 14.3 Å². The molecule has 0 saturated heterocycles. The van der Waals surface area contributed by atoms with Crippen LogP contribution in [0.25, 0.3) is 97.9 Å². The SMILES string of the molecule is CC(C)OC(=O)N1Cc2cccc(F)c2C1.CC(C)Oc1nc2c(-c3nc(C4CCCCC4)cs3)cccc2n1C(C)C.COc1ccc2c(OC(C)C)cc(-c3nc(C(C)C)cs3)nc2c1.COc1ccc2c(OC(C)C)cc(-c3nc(C(C)C)cs3)nc2c1C.COc1cnc(OC(C)C)c2cc(Cl)ccc12.Cc1ccc2c(OC(C)C)cc(-c3csc(NC(=O)C(C)C)n3)nc2c1Br. The van der Waals surface area contributed by atoms with E-state index < -0.39 is 0 Å². The number of halogens is 3. The second kappa shape index (κ2) is 47.2. The number of aryl methyl sites for hydroxylation is 2. The number of imidazole rings is 1. The quantitative estimate of drug-likeness (QED) is 0.0590. The maximum atomic E-state index is 13.4. The maximum Gasteiger partial charge on any atom is 0.410 e. The molecule has 30 heteroatoms. The zero-order valence-corrected chi connectivity index (χ0v) is 87.9. The van der Waals surface area contributed by atoms with Crippen LogP contribution in [0.2, 0.25) is 5.02 Å². The Morgan fingerprint density at radius 3 is 1.67 bits per heavy atom. The van der Waals surface area contributed by atoms with Gasteiger partial charge >= 0.3 is 6.09 Å². The normalized spacial score (nSPS) is 12.6. The van der Waals surface area contributed by atoms with Crippen molar-refractivity contribution >= 4 is 145 Å². The molecule has 0 radical (unpaired) electrons. The van der Waals surface area contributed by atoms with E-state index in [1.165, 1.54) is 60.1 Å². The Balaban J connectivity index is 0.000000148. The average Bonchev–Trinajstić information content (AvgIpc) is 1.65. The Morgan fingerprint density at radius 1 is 0.500 bits per heavy atom. The number of carbonyl (C=O) groups excluding carboxylic acids is 2. The first kappa shape index (κ1) is 104. The molecule has 720 valence electrons. The number of methoxy groups -OCH3 is 3. The summed E-state index contributed by atoms with van der Waals surface area (Å²) < 4.78 is 67.5. The molecule has 17 rings (SSSR count). The topological polar surface area (TPSA) is 253 Å². The summed E-state index contributed by atoms with van der Waals surface area (Å²) in [6.45, 7) is 45.1. The molecule has 9 aromatic heterocycles. The molecule has 2 amide bonds. The van der Waals surface area contributed by atoms with Crippen LogP contribution >= 0.6 is 72.9 Å². The molecule has 1 aliphatic carbocycles. The van der Waals surface area contributed by atoms with Crippen LogP contribution < -0.4 is 43.2 Å². The molecule has 1 saturated carbocycles. The highest BCUT2D eigenvalue weighted by atomic mass is 79.9. The molecule has 15 aromatic rings. The molecule has 1 fully saturated rings. The van der Waals surface area contributed by atoms with Crippen molar-refractivity contribution in [3.63, 3.8) is 0 Å². The van der Waals surface area contributed by atoms with Gasteiger partial charge in [0.15, 0.2) is 5.13 Å². The number of nitrogens with one attached hydrogen (secondary N) is 1. The number of benzene rings is 6. The molecule has 2 aliphatic rings. The highest BCUT2D eigenvalue weighted by Gasteiger charge is 2.29. The predicted octanol–water partition coefficient (Wildman–Crippen LogP) is 29.6. The molecule has 10 heterocycles. The first-order chi connectivity index (χ1) is 64.9. The Labute approximate surface area is 827 Å². The summed E-state index contributed by atoms with van der Waals surface area (Å²) in [6.07, 6.45) is 8.11. The van der Waals surface area contributed by atoms with Crippen LogP contribution in [0.1, 0.15) is 234 Å². The number of aromatic nitrogens is 10. The largest absolute Gasteiger partial charge is 0.497 e. The van der Waals surface area contributed by atoms with Gasteiger partial charge in [0.2, 0.25) is 11.8 Å². The van der Waals surface area contributed by atoms with Gasteiger partial charge in [0.05, 0.1) is 116 Å². The molecular formula is C106H125BrClFN12O11S4. The van der Waals surface area contributed by atoms with Gasteiger partial charge in [-0.15, -0.1) is 45.3 Å². The fraction of sp³-hybridized carbons (Fsp3) is 0.406. The van der Waals surface area contributed by atoms with Gasteiger partial charge in [0.25, 0.3) is 6.01 Å². The summed E-state index contributed by atoms with van der Waals surface area (Å²) in [5.74, 6) is 6.38. The van der Waals surface area contributed by atoms with E-state index >= 15 is 0 Å². The van der Waals surface area contributed by atoms with Gasteiger partial charge in [-0.3, -0.25) is 14.3 Å². The maximum absolute atomic E-state index is 13.4. The number of nitrogens with zero attached hydrogens (tertiary/aromatic N) is 11. The number of anilines is 1.